The van der Waals surface area contributed by atoms with E-state index in [-0.39, 0.29) is 0 Å². The molecule has 218 valence electrons. The number of benzene rings is 5. The number of rotatable bonds is 3. The summed E-state index contributed by atoms with van der Waals surface area (Å²) in [5.41, 5.74) is 22.5. The van der Waals surface area contributed by atoms with E-state index in [0.29, 0.717) is 5.92 Å². The van der Waals surface area contributed by atoms with Crippen LogP contribution < -0.4 is 4.90 Å². The zero-order chi connectivity index (χ0) is 29.9. The molecule has 0 bridgehead atoms. The normalized spacial score (nSPS) is 22.0. The van der Waals surface area contributed by atoms with Gasteiger partial charge in [-0.05, 0) is 134 Å². The Morgan fingerprint density at radius 2 is 1.48 bits per heavy atom. The predicted octanol–water partition coefficient (Wildman–Crippen LogP) is 11.4. The fraction of sp³-hybridized carbons (Fsp3) is 0.156. The van der Waals surface area contributed by atoms with Gasteiger partial charge in [0.2, 0.25) is 0 Å². The van der Waals surface area contributed by atoms with Gasteiger partial charge in [-0.1, -0.05) is 109 Å². The molecular weight excluding hydrogens is 555 g/mol. The van der Waals surface area contributed by atoms with Gasteiger partial charge in [-0.25, -0.2) is 0 Å². The number of fused-ring (bicyclic) bond motifs is 10. The van der Waals surface area contributed by atoms with Crippen molar-refractivity contribution in [1.29, 1.82) is 0 Å². The molecule has 0 aromatic heterocycles. The van der Waals surface area contributed by atoms with Gasteiger partial charge in [-0.15, -0.1) is 0 Å². The number of nitrogens with zero attached hydrogens (tertiary/aromatic N) is 1. The van der Waals surface area contributed by atoms with Gasteiger partial charge in [-0.2, -0.15) is 0 Å². The zero-order valence-electron chi connectivity index (χ0n) is 25.7. The first kappa shape index (κ1) is 25.1. The van der Waals surface area contributed by atoms with Gasteiger partial charge in [0.05, 0.1) is 5.69 Å². The third-order valence-corrected chi connectivity index (χ3v) is 11.5. The van der Waals surface area contributed by atoms with Crippen LogP contribution in [0.3, 0.4) is 0 Å². The standard InChI is InChI=1S/C45H33N/c1-2-7-31(8-3-1)46-42-24-23-35-39(19-18-30-25-41(30)35)45(42)40-20-17-29(26-43(40)46)27-13-15-28(16-14-27)32-21-22-38-34-10-5-4-9-33(34)37-12-6-11-36(32)44(37)38/h1-5,7-10,12-19,21-24,26,30,40-41H,6,11,20,25H2. The van der Waals surface area contributed by atoms with Gasteiger partial charge in [0, 0.05) is 17.3 Å². The lowest BCUT2D eigenvalue weighted by atomic mass is 9.82. The summed E-state index contributed by atoms with van der Waals surface area (Å²) < 4.78 is 0. The van der Waals surface area contributed by atoms with E-state index in [9.17, 15) is 0 Å². The molecule has 1 heteroatoms. The van der Waals surface area contributed by atoms with E-state index in [1.54, 1.807) is 5.56 Å². The Balaban J connectivity index is 0.974. The Morgan fingerprint density at radius 3 is 2.37 bits per heavy atom. The predicted molar refractivity (Wildman–Crippen MR) is 191 cm³/mol. The van der Waals surface area contributed by atoms with E-state index >= 15 is 0 Å². The molecule has 6 aliphatic rings. The minimum atomic E-state index is 0.388. The first-order valence-electron chi connectivity index (χ1n) is 17.0. The minimum Gasteiger partial charge on any atom is -0.313 e. The summed E-state index contributed by atoms with van der Waals surface area (Å²) in [6, 6.07) is 38.8. The van der Waals surface area contributed by atoms with Crippen molar-refractivity contribution in [2.24, 2.45) is 5.92 Å². The van der Waals surface area contributed by atoms with Crippen LogP contribution in [0.15, 0.2) is 133 Å². The Morgan fingerprint density at radius 1 is 0.674 bits per heavy atom. The molecular formula is C45H33N. The highest BCUT2D eigenvalue weighted by Crippen LogP contribution is 2.59. The SMILES string of the molecule is C1=CC2CC2c2ccc3c(c21)C1CC=C(c2ccc(-c4ccc5c6c4CCC=C6c4ccccc4-5)cc2)C=C1N3c1ccccc1. The first-order chi connectivity index (χ1) is 22.8. The highest BCUT2D eigenvalue weighted by Gasteiger charge is 2.44. The van der Waals surface area contributed by atoms with Crippen LogP contribution in [0.1, 0.15) is 70.0 Å². The Labute approximate surface area is 270 Å². The molecule has 3 atom stereocenters. The second kappa shape index (κ2) is 9.21. The van der Waals surface area contributed by atoms with E-state index in [0.717, 1.165) is 31.1 Å². The Kier molecular flexibility index (Phi) is 5.02. The third-order valence-electron chi connectivity index (χ3n) is 11.5. The van der Waals surface area contributed by atoms with Crippen LogP contribution in [-0.2, 0) is 6.42 Å². The van der Waals surface area contributed by atoms with Crippen LogP contribution in [0.5, 0.6) is 0 Å². The summed E-state index contributed by atoms with van der Waals surface area (Å²) in [7, 11) is 0. The lowest BCUT2D eigenvalue weighted by Gasteiger charge is -2.26. The van der Waals surface area contributed by atoms with Crippen LogP contribution in [0, 0.1) is 5.92 Å². The smallest absolute Gasteiger partial charge is 0.0503 e. The molecule has 5 aliphatic carbocycles. The van der Waals surface area contributed by atoms with Crippen molar-refractivity contribution >= 4 is 28.6 Å². The molecule has 0 N–H and O–H groups in total. The molecule has 0 amide bonds. The van der Waals surface area contributed by atoms with Crippen LogP contribution in [0.4, 0.5) is 11.4 Å². The van der Waals surface area contributed by atoms with Crippen molar-refractivity contribution in [3.05, 3.63) is 172 Å². The van der Waals surface area contributed by atoms with E-state index < -0.39 is 0 Å². The number of para-hydroxylation sites is 1. The van der Waals surface area contributed by atoms with Crippen molar-refractivity contribution in [3.8, 4) is 22.3 Å². The van der Waals surface area contributed by atoms with E-state index in [4.69, 9.17) is 0 Å². The minimum absolute atomic E-state index is 0.388. The molecule has 1 heterocycles. The van der Waals surface area contributed by atoms with Gasteiger partial charge in [0.15, 0.2) is 0 Å². The number of hydrogen-bond acceptors (Lipinski definition) is 1. The van der Waals surface area contributed by atoms with Gasteiger partial charge in [0.25, 0.3) is 0 Å². The molecule has 46 heavy (non-hydrogen) atoms. The summed E-state index contributed by atoms with van der Waals surface area (Å²) in [6.45, 7) is 0. The first-order valence-corrected chi connectivity index (χ1v) is 17.0. The molecule has 5 aromatic rings. The van der Waals surface area contributed by atoms with Crippen molar-refractivity contribution in [3.63, 3.8) is 0 Å². The number of anilines is 2. The summed E-state index contributed by atoms with van der Waals surface area (Å²) in [5, 5.41) is 0. The molecule has 1 fully saturated rings. The van der Waals surface area contributed by atoms with Gasteiger partial charge in [-0.3, -0.25) is 0 Å². The van der Waals surface area contributed by atoms with Crippen LogP contribution in [0.2, 0.25) is 0 Å². The molecule has 1 nitrogen and oxygen atoms in total. The molecule has 0 saturated heterocycles. The Hall–Kier alpha value is -5.14. The molecule has 5 aromatic carbocycles. The summed E-state index contributed by atoms with van der Waals surface area (Å²) >= 11 is 0. The number of hydrogen-bond donors (Lipinski definition) is 0. The molecule has 0 radical (unpaired) electrons. The van der Waals surface area contributed by atoms with Crippen molar-refractivity contribution < 1.29 is 0 Å². The maximum Gasteiger partial charge on any atom is 0.0503 e. The fourth-order valence-electron chi connectivity index (χ4n) is 9.31. The maximum atomic E-state index is 2.53. The lowest BCUT2D eigenvalue weighted by Crippen LogP contribution is -2.15. The third kappa shape index (κ3) is 3.41. The molecule has 0 spiro atoms. The molecule has 3 unspecified atom stereocenters. The van der Waals surface area contributed by atoms with Crippen LogP contribution >= 0.6 is 0 Å². The van der Waals surface area contributed by atoms with Gasteiger partial charge < -0.3 is 4.90 Å². The summed E-state index contributed by atoms with van der Waals surface area (Å²) in [5.74, 6) is 1.88. The molecule has 1 aliphatic heterocycles. The fourth-order valence-corrected chi connectivity index (χ4v) is 9.31. The zero-order valence-corrected chi connectivity index (χ0v) is 25.7. The molecule has 11 rings (SSSR count). The average Bonchev–Trinajstić information content (AvgIpc) is 3.76. The van der Waals surface area contributed by atoms with E-state index in [2.05, 4.69) is 138 Å². The van der Waals surface area contributed by atoms with Crippen molar-refractivity contribution in [2.75, 3.05) is 4.90 Å². The summed E-state index contributed by atoms with van der Waals surface area (Å²) in [6.07, 6.45) is 16.9. The average molecular weight is 588 g/mol. The van der Waals surface area contributed by atoms with Gasteiger partial charge >= 0.3 is 0 Å². The monoisotopic (exact) mass is 587 g/mol. The topological polar surface area (TPSA) is 3.24 Å². The summed E-state index contributed by atoms with van der Waals surface area (Å²) in [4.78, 5) is 2.53. The number of allylic oxidation sites excluding steroid dienone is 6. The van der Waals surface area contributed by atoms with Crippen molar-refractivity contribution in [1.82, 2.24) is 0 Å². The second-order valence-electron chi connectivity index (χ2n) is 13.8. The largest absolute Gasteiger partial charge is 0.313 e. The van der Waals surface area contributed by atoms with Crippen LogP contribution in [-0.4, -0.2) is 0 Å². The van der Waals surface area contributed by atoms with Gasteiger partial charge in [0.1, 0.15) is 0 Å². The second-order valence-corrected chi connectivity index (χ2v) is 13.8. The van der Waals surface area contributed by atoms with E-state index in [1.807, 2.05) is 0 Å². The highest BCUT2D eigenvalue weighted by molar-refractivity contribution is 6.04. The molecule has 1 saturated carbocycles. The highest BCUT2D eigenvalue weighted by atomic mass is 15.2. The Bertz CT molecular complexity index is 2260. The van der Waals surface area contributed by atoms with Crippen molar-refractivity contribution in [2.45, 2.75) is 37.5 Å². The van der Waals surface area contributed by atoms with Crippen LogP contribution in [0.25, 0.3) is 39.5 Å². The lowest BCUT2D eigenvalue weighted by molar-refractivity contribution is 0.817. The van der Waals surface area contributed by atoms with E-state index in [1.165, 1.54) is 90.3 Å². The quantitative estimate of drug-likeness (QED) is 0.199. The maximum absolute atomic E-state index is 2.53.